The number of hydrogen-bond acceptors (Lipinski definition) is 1. The van der Waals surface area contributed by atoms with Gasteiger partial charge in [0, 0.05) is 5.92 Å². The van der Waals surface area contributed by atoms with E-state index in [1.807, 2.05) is 30.3 Å². The Bertz CT molecular complexity index is 505. The van der Waals surface area contributed by atoms with Crippen LogP contribution in [0.2, 0.25) is 0 Å². The Hall–Kier alpha value is -1.83. The second kappa shape index (κ2) is 5.67. The predicted octanol–water partition coefficient (Wildman–Crippen LogP) is 4.38. The van der Waals surface area contributed by atoms with E-state index in [1.165, 1.54) is 11.6 Å². The molecule has 0 aliphatic carbocycles. The molecule has 1 nitrogen and oxygen atoms in total. The molecule has 0 amide bonds. The van der Waals surface area contributed by atoms with Gasteiger partial charge in [0.25, 0.3) is 0 Å². The normalized spacial score (nSPS) is 12.2. The zero-order valence-corrected chi connectivity index (χ0v) is 10.7. The number of hydrogen-bond donors (Lipinski definition) is 0. The first kappa shape index (κ1) is 12.6. The van der Waals surface area contributed by atoms with Gasteiger partial charge in [0.15, 0.2) is 0 Å². The number of methoxy groups -OCH3 is 1. The molecule has 1 atom stereocenters. The first-order valence-corrected chi connectivity index (χ1v) is 6.14. The average Bonchev–Trinajstić information content (AvgIpc) is 2.40. The van der Waals surface area contributed by atoms with Gasteiger partial charge in [-0.05, 0) is 41.8 Å². The summed E-state index contributed by atoms with van der Waals surface area (Å²) in [6, 6.07) is 14.8. The molecule has 2 aromatic rings. The second-order valence-electron chi connectivity index (χ2n) is 4.29. The summed E-state index contributed by atoms with van der Waals surface area (Å²) < 4.78 is 18.4. The van der Waals surface area contributed by atoms with Crippen LogP contribution in [0.5, 0.6) is 5.75 Å². The number of ether oxygens (including phenoxy) is 1. The van der Waals surface area contributed by atoms with Crippen molar-refractivity contribution in [1.82, 2.24) is 0 Å². The van der Waals surface area contributed by atoms with E-state index in [-0.39, 0.29) is 11.7 Å². The van der Waals surface area contributed by atoms with E-state index in [1.54, 1.807) is 19.2 Å². The molecule has 0 aliphatic rings. The van der Waals surface area contributed by atoms with E-state index >= 15 is 0 Å². The molecular formula is C16H17FO. The molecule has 1 unspecified atom stereocenters. The van der Waals surface area contributed by atoms with Crippen molar-refractivity contribution in [3.63, 3.8) is 0 Å². The van der Waals surface area contributed by atoms with Crippen molar-refractivity contribution in [2.24, 2.45) is 0 Å². The summed E-state index contributed by atoms with van der Waals surface area (Å²) in [6.45, 7) is 2.11. The monoisotopic (exact) mass is 244 g/mol. The van der Waals surface area contributed by atoms with Crippen LogP contribution in [0, 0.1) is 5.82 Å². The average molecular weight is 244 g/mol. The number of halogens is 1. The van der Waals surface area contributed by atoms with Crippen LogP contribution >= 0.6 is 0 Å². The van der Waals surface area contributed by atoms with Gasteiger partial charge in [-0.3, -0.25) is 0 Å². The van der Waals surface area contributed by atoms with Gasteiger partial charge in [0.1, 0.15) is 11.6 Å². The van der Waals surface area contributed by atoms with E-state index in [9.17, 15) is 4.39 Å². The fraction of sp³-hybridized carbons (Fsp3) is 0.250. The van der Waals surface area contributed by atoms with Crippen molar-refractivity contribution in [1.29, 1.82) is 0 Å². The highest BCUT2D eigenvalue weighted by Gasteiger charge is 2.12. The van der Waals surface area contributed by atoms with Gasteiger partial charge in [-0.25, -0.2) is 4.39 Å². The molecule has 2 rings (SSSR count). The topological polar surface area (TPSA) is 9.23 Å². The third kappa shape index (κ3) is 2.70. The summed E-state index contributed by atoms with van der Waals surface area (Å²) in [7, 11) is 1.65. The molecule has 0 fully saturated rings. The van der Waals surface area contributed by atoms with Gasteiger partial charge in [0.2, 0.25) is 0 Å². The summed E-state index contributed by atoms with van der Waals surface area (Å²) >= 11 is 0. The van der Waals surface area contributed by atoms with E-state index in [0.29, 0.717) is 0 Å². The second-order valence-corrected chi connectivity index (χ2v) is 4.29. The van der Waals surface area contributed by atoms with Crippen molar-refractivity contribution in [2.45, 2.75) is 19.3 Å². The Labute approximate surface area is 107 Å². The maximum Gasteiger partial charge on any atom is 0.123 e. The fourth-order valence-corrected chi connectivity index (χ4v) is 2.22. The molecule has 0 saturated heterocycles. The summed E-state index contributed by atoms with van der Waals surface area (Å²) in [4.78, 5) is 0. The molecule has 0 radical (unpaired) electrons. The highest BCUT2D eigenvalue weighted by atomic mass is 19.1. The third-order valence-electron chi connectivity index (χ3n) is 3.18. The number of rotatable bonds is 4. The minimum atomic E-state index is -0.181. The number of benzene rings is 2. The van der Waals surface area contributed by atoms with Crippen LogP contribution in [-0.2, 0) is 0 Å². The molecule has 0 N–H and O–H groups in total. The molecule has 0 bridgehead atoms. The summed E-state index contributed by atoms with van der Waals surface area (Å²) in [6.07, 6.45) is 0.940. The zero-order chi connectivity index (χ0) is 13.0. The Morgan fingerprint density at radius 2 is 1.78 bits per heavy atom. The van der Waals surface area contributed by atoms with Crippen molar-refractivity contribution in [3.8, 4) is 5.75 Å². The molecule has 0 aromatic heterocycles. The maximum absolute atomic E-state index is 13.3. The SMILES string of the molecule is CCC(c1ccc(OC)cc1)c1cccc(F)c1. The zero-order valence-electron chi connectivity index (χ0n) is 10.7. The first-order chi connectivity index (χ1) is 8.74. The molecule has 0 spiro atoms. The molecule has 2 heteroatoms. The summed E-state index contributed by atoms with van der Waals surface area (Å²) in [5.74, 6) is 0.888. The smallest absolute Gasteiger partial charge is 0.123 e. The van der Waals surface area contributed by atoms with E-state index in [2.05, 4.69) is 6.92 Å². The Morgan fingerprint density at radius 3 is 2.33 bits per heavy atom. The lowest BCUT2D eigenvalue weighted by molar-refractivity contribution is 0.414. The van der Waals surface area contributed by atoms with Crippen LogP contribution < -0.4 is 4.74 Å². The Balaban J connectivity index is 2.32. The van der Waals surface area contributed by atoms with E-state index in [0.717, 1.165) is 17.7 Å². The lowest BCUT2D eigenvalue weighted by atomic mass is 9.89. The summed E-state index contributed by atoms with van der Waals surface area (Å²) in [5.41, 5.74) is 2.20. The van der Waals surface area contributed by atoms with E-state index < -0.39 is 0 Å². The maximum atomic E-state index is 13.3. The Morgan fingerprint density at radius 1 is 1.06 bits per heavy atom. The van der Waals surface area contributed by atoms with Gasteiger partial charge < -0.3 is 4.74 Å². The van der Waals surface area contributed by atoms with Crippen molar-refractivity contribution >= 4 is 0 Å². The van der Waals surface area contributed by atoms with Gasteiger partial charge in [-0.2, -0.15) is 0 Å². The highest BCUT2D eigenvalue weighted by Crippen LogP contribution is 2.29. The lowest BCUT2D eigenvalue weighted by Crippen LogP contribution is -2.00. The lowest BCUT2D eigenvalue weighted by Gasteiger charge is -2.16. The molecule has 18 heavy (non-hydrogen) atoms. The van der Waals surface area contributed by atoms with Gasteiger partial charge in [-0.1, -0.05) is 31.2 Å². The van der Waals surface area contributed by atoms with Gasteiger partial charge >= 0.3 is 0 Å². The van der Waals surface area contributed by atoms with Crippen LogP contribution in [0.1, 0.15) is 30.4 Å². The quantitative estimate of drug-likeness (QED) is 0.775. The van der Waals surface area contributed by atoms with Crippen LogP contribution in [0.15, 0.2) is 48.5 Å². The summed E-state index contributed by atoms with van der Waals surface area (Å²) in [5, 5.41) is 0. The molecule has 2 aromatic carbocycles. The highest BCUT2D eigenvalue weighted by molar-refractivity contribution is 5.36. The minimum Gasteiger partial charge on any atom is -0.497 e. The third-order valence-corrected chi connectivity index (χ3v) is 3.18. The minimum absolute atomic E-state index is 0.181. The van der Waals surface area contributed by atoms with Crippen molar-refractivity contribution in [3.05, 3.63) is 65.5 Å². The van der Waals surface area contributed by atoms with E-state index in [4.69, 9.17) is 4.74 Å². The molecule has 0 heterocycles. The first-order valence-electron chi connectivity index (χ1n) is 6.14. The van der Waals surface area contributed by atoms with Crippen LogP contribution in [-0.4, -0.2) is 7.11 Å². The molecule has 0 saturated carbocycles. The van der Waals surface area contributed by atoms with Crippen molar-refractivity contribution < 1.29 is 9.13 Å². The van der Waals surface area contributed by atoms with Gasteiger partial charge in [0.05, 0.1) is 7.11 Å². The van der Waals surface area contributed by atoms with Crippen LogP contribution in [0.3, 0.4) is 0 Å². The molecular weight excluding hydrogens is 227 g/mol. The Kier molecular flexibility index (Phi) is 3.98. The molecule has 94 valence electrons. The van der Waals surface area contributed by atoms with Gasteiger partial charge in [-0.15, -0.1) is 0 Å². The predicted molar refractivity (Wildman–Crippen MR) is 71.5 cm³/mol. The largest absolute Gasteiger partial charge is 0.497 e. The molecule has 0 aliphatic heterocycles. The van der Waals surface area contributed by atoms with Crippen molar-refractivity contribution in [2.75, 3.05) is 7.11 Å². The standard InChI is InChI=1S/C16H17FO/c1-3-16(13-5-4-6-14(17)11-13)12-7-9-15(18-2)10-8-12/h4-11,16H,3H2,1-2H3. The van der Waals surface area contributed by atoms with Crippen LogP contribution in [0.4, 0.5) is 4.39 Å². The van der Waals surface area contributed by atoms with Crippen LogP contribution in [0.25, 0.3) is 0 Å². The fourth-order valence-electron chi connectivity index (χ4n) is 2.22.